The number of fused-ring (bicyclic) bond motifs is 2. The molecule has 2 aromatic rings. The van der Waals surface area contributed by atoms with Crippen LogP contribution in [0.3, 0.4) is 0 Å². The normalized spacial score (nSPS) is 25.9. The van der Waals surface area contributed by atoms with Gasteiger partial charge in [0.15, 0.2) is 0 Å². The number of halogens is 3. The first-order chi connectivity index (χ1) is 10.2. The van der Waals surface area contributed by atoms with Gasteiger partial charge < -0.3 is 4.57 Å². The SMILES string of the molecule is Fc1cc2nc(CCl)n(C3CCN4CCCC34)c2cc1Br. The van der Waals surface area contributed by atoms with Crippen molar-refractivity contribution < 1.29 is 4.39 Å². The van der Waals surface area contributed by atoms with Crippen LogP contribution in [0.1, 0.15) is 31.1 Å². The highest BCUT2D eigenvalue weighted by atomic mass is 79.9. The summed E-state index contributed by atoms with van der Waals surface area (Å²) in [7, 11) is 0. The van der Waals surface area contributed by atoms with E-state index in [1.165, 1.54) is 25.5 Å². The van der Waals surface area contributed by atoms with Crippen molar-refractivity contribution in [1.29, 1.82) is 0 Å². The maximum absolute atomic E-state index is 13.7. The van der Waals surface area contributed by atoms with Crippen molar-refractivity contribution >= 4 is 38.6 Å². The van der Waals surface area contributed by atoms with E-state index in [4.69, 9.17) is 11.6 Å². The summed E-state index contributed by atoms with van der Waals surface area (Å²) in [6.45, 7) is 2.33. The number of hydrogen-bond acceptors (Lipinski definition) is 2. The molecule has 2 aliphatic rings. The standard InChI is InChI=1S/C15H16BrClFN3/c16-9-6-14-11(7-10(9)18)19-15(8-17)21(14)13-3-5-20-4-1-2-12(13)20/h6-7,12-13H,1-5,8H2. The van der Waals surface area contributed by atoms with Gasteiger partial charge in [-0.3, -0.25) is 4.90 Å². The van der Waals surface area contributed by atoms with Crippen LogP contribution in [0.15, 0.2) is 16.6 Å². The Balaban J connectivity index is 1.88. The van der Waals surface area contributed by atoms with Crippen molar-refractivity contribution in [3.05, 3.63) is 28.2 Å². The van der Waals surface area contributed by atoms with Crippen molar-refractivity contribution in [3.8, 4) is 0 Å². The van der Waals surface area contributed by atoms with Crippen LogP contribution < -0.4 is 0 Å². The minimum atomic E-state index is -0.276. The first-order valence-corrected chi connectivity index (χ1v) is 8.67. The zero-order chi connectivity index (χ0) is 14.6. The molecular formula is C15H16BrClFN3. The van der Waals surface area contributed by atoms with Crippen molar-refractivity contribution in [2.45, 2.75) is 37.2 Å². The topological polar surface area (TPSA) is 21.1 Å². The maximum Gasteiger partial charge on any atom is 0.139 e. The minimum absolute atomic E-state index is 0.276. The molecule has 1 aromatic carbocycles. The molecule has 2 saturated heterocycles. The molecule has 0 saturated carbocycles. The third kappa shape index (κ3) is 2.13. The van der Waals surface area contributed by atoms with E-state index in [0.29, 0.717) is 28.0 Å². The van der Waals surface area contributed by atoms with Crippen LogP contribution in [0.4, 0.5) is 4.39 Å². The highest BCUT2D eigenvalue weighted by molar-refractivity contribution is 9.10. The fraction of sp³-hybridized carbons (Fsp3) is 0.533. The Labute approximate surface area is 136 Å². The molecule has 6 heteroatoms. The molecule has 3 nitrogen and oxygen atoms in total. The summed E-state index contributed by atoms with van der Waals surface area (Å²) in [5.74, 6) is 0.932. The number of imidazole rings is 1. The minimum Gasteiger partial charge on any atom is -0.322 e. The lowest BCUT2D eigenvalue weighted by molar-refractivity contribution is 0.290. The molecule has 2 aliphatic heterocycles. The molecule has 0 radical (unpaired) electrons. The van der Waals surface area contributed by atoms with E-state index in [-0.39, 0.29) is 5.82 Å². The van der Waals surface area contributed by atoms with Gasteiger partial charge in [0.1, 0.15) is 11.6 Å². The van der Waals surface area contributed by atoms with Gasteiger partial charge in [0.05, 0.1) is 27.4 Å². The van der Waals surface area contributed by atoms with E-state index < -0.39 is 0 Å². The monoisotopic (exact) mass is 371 g/mol. The third-order valence-electron chi connectivity index (χ3n) is 4.83. The van der Waals surface area contributed by atoms with Crippen LogP contribution in [0, 0.1) is 5.82 Å². The third-order valence-corrected chi connectivity index (χ3v) is 5.67. The van der Waals surface area contributed by atoms with E-state index in [1.807, 2.05) is 6.07 Å². The number of nitrogens with zero attached hydrogens (tertiary/aromatic N) is 3. The maximum atomic E-state index is 13.7. The van der Waals surface area contributed by atoms with Gasteiger partial charge in [-0.1, -0.05) is 0 Å². The number of alkyl halides is 1. The van der Waals surface area contributed by atoms with Crippen LogP contribution in [0.5, 0.6) is 0 Å². The van der Waals surface area contributed by atoms with Gasteiger partial charge in [0, 0.05) is 18.7 Å². The number of benzene rings is 1. The number of hydrogen-bond donors (Lipinski definition) is 0. The van der Waals surface area contributed by atoms with E-state index in [0.717, 1.165) is 24.3 Å². The molecule has 0 spiro atoms. The summed E-state index contributed by atoms with van der Waals surface area (Å²) in [5.41, 5.74) is 1.68. The van der Waals surface area contributed by atoms with Crippen LogP contribution in [-0.4, -0.2) is 33.6 Å². The van der Waals surface area contributed by atoms with E-state index in [9.17, 15) is 4.39 Å². The molecule has 4 rings (SSSR count). The van der Waals surface area contributed by atoms with Crippen molar-refractivity contribution in [2.75, 3.05) is 13.1 Å². The lowest BCUT2D eigenvalue weighted by Gasteiger charge is -2.23. The second-order valence-corrected chi connectivity index (χ2v) is 7.01. The Morgan fingerprint density at radius 3 is 2.95 bits per heavy atom. The summed E-state index contributed by atoms with van der Waals surface area (Å²) in [6.07, 6.45) is 3.62. The Bertz CT molecular complexity index is 702. The average molecular weight is 373 g/mol. The second kappa shape index (κ2) is 5.21. The number of rotatable bonds is 2. The fourth-order valence-electron chi connectivity index (χ4n) is 3.96. The van der Waals surface area contributed by atoms with Crippen molar-refractivity contribution in [1.82, 2.24) is 14.5 Å². The average Bonchev–Trinajstić information content (AvgIpc) is 3.13. The first-order valence-electron chi connectivity index (χ1n) is 7.35. The second-order valence-electron chi connectivity index (χ2n) is 5.89. The largest absolute Gasteiger partial charge is 0.322 e. The summed E-state index contributed by atoms with van der Waals surface area (Å²) in [6, 6.07) is 4.32. The van der Waals surface area contributed by atoms with Gasteiger partial charge in [-0.2, -0.15) is 0 Å². The molecule has 0 bridgehead atoms. The van der Waals surface area contributed by atoms with E-state index in [1.54, 1.807) is 0 Å². The summed E-state index contributed by atoms with van der Waals surface area (Å²) < 4.78 is 16.5. The lowest BCUT2D eigenvalue weighted by Crippen LogP contribution is -2.28. The first kappa shape index (κ1) is 14.0. The molecular weight excluding hydrogens is 357 g/mol. The van der Waals surface area contributed by atoms with Gasteiger partial charge in [-0.15, -0.1) is 11.6 Å². The predicted octanol–water partition coefficient (Wildman–Crippen LogP) is 4.09. The zero-order valence-electron chi connectivity index (χ0n) is 11.5. The van der Waals surface area contributed by atoms with Gasteiger partial charge >= 0.3 is 0 Å². The van der Waals surface area contributed by atoms with Crippen molar-refractivity contribution in [2.24, 2.45) is 0 Å². The van der Waals surface area contributed by atoms with Crippen LogP contribution in [-0.2, 0) is 5.88 Å². The summed E-state index contributed by atoms with van der Waals surface area (Å²) in [4.78, 5) is 7.11. The Morgan fingerprint density at radius 1 is 1.29 bits per heavy atom. The Morgan fingerprint density at radius 2 is 2.14 bits per heavy atom. The molecule has 1 aromatic heterocycles. The highest BCUT2D eigenvalue weighted by Gasteiger charge is 2.39. The predicted molar refractivity (Wildman–Crippen MR) is 85.2 cm³/mol. The molecule has 2 fully saturated rings. The molecule has 112 valence electrons. The molecule has 21 heavy (non-hydrogen) atoms. The van der Waals surface area contributed by atoms with Gasteiger partial charge in [0.25, 0.3) is 0 Å². The quantitative estimate of drug-likeness (QED) is 0.741. The molecule has 0 N–H and O–H groups in total. The molecule has 2 atom stereocenters. The lowest BCUT2D eigenvalue weighted by atomic mass is 10.1. The Hall–Kier alpha value is -0.650. The highest BCUT2D eigenvalue weighted by Crippen LogP contribution is 2.39. The van der Waals surface area contributed by atoms with Gasteiger partial charge in [-0.25, -0.2) is 9.37 Å². The fourth-order valence-corrected chi connectivity index (χ4v) is 4.48. The smallest absolute Gasteiger partial charge is 0.139 e. The van der Waals surface area contributed by atoms with E-state index >= 15 is 0 Å². The summed E-state index contributed by atoms with van der Waals surface area (Å²) >= 11 is 9.39. The van der Waals surface area contributed by atoms with Crippen molar-refractivity contribution in [3.63, 3.8) is 0 Å². The van der Waals surface area contributed by atoms with Crippen LogP contribution in [0.2, 0.25) is 0 Å². The molecule has 0 amide bonds. The molecule has 2 unspecified atom stereocenters. The van der Waals surface area contributed by atoms with Crippen LogP contribution >= 0.6 is 27.5 Å². The van der Waals surface area contributed by atoms with E-state index in [2.05, 4.69) is 30.4 Å². The molecule has 0 aliphatic carbocycles. The Kier molecular flexibility index (Phi) is 3.47. The van der Waals surface area contributed by atoms with Gasteiger partial charge in [0.2, 0.25) is 0 Å². The zero-order valence-corrected chi connectivity index (χ0v) is 13.9. The summed E-state index contributed by atoms with van der Waals surface area (Å²) in [5, 5.41) is 0. The molecule has 3 heterocycles. The van der Waals surface area contributed by atoms with Crippen LogP contribution in [0.25, 0.3) is 11.0 Å². The van der Waals surface area contributed by atoms with Gasteiger partial charge in [-0.05, 0) is 47.8 Å². The number of aromatic nitrogens is 2.